The second-order valence-electron chi connectivity index (χ2n) is 14.9. The molecule has 0 unspecified atom stereocenters. The van der Waals surface area contributed by atoms with Crippen LogP contribution >= 0.6 is 0 Å². The molecule has 0 spiro atoms. The second-order valence-corrected chi connectivity index (χ2v) is 19.6. The van der Waals surface area contributed by atoms with Gasteiger partial charge in [-0.25, -0.2) is 0 Å². The first-order chi connectivity index (χ1) is 17.1. The molecule has 210 valence electrons. The van der Waals surface area contributed by atoms with Gasteiger partial charge in [0.25, 0.3) is 0 Å². The monoisotopic (exact) mass is 526 g/mol. The molecule has 0 radical (unpaired) electrons. The van der Waals surface area contributed by atoms with Gasteiger partial charge in [0, 0.05) is 6.42 Å². The summed E-state index contributed by atoms with van der Waals surface area (Å²) in [6, 6.07) is 0. The Bertz CT molecular complexity index is 901. The molecule has 3 aliphatic rings. The fourth-order valence-electron chi connectivity index (χ4n) is 6.98. The predicted molar refractivity (Wildman–Crippen MR) is 163 cm³/mol. The standard InChI is InChI=1S/C34H58O2Si/c1-23(2)24(3)14-15-25(4)30-18-19-31-27(13-12-20-34(30,31)9)16-17-28-21-29(22-32(35)26(28)5)36-37(10,11)33(6,7)8/h14-17,23-25,29-32,35H,5,12-13,18-22H2,1-4,6-11H3/t24-,25+,29+,30+,31-,32-,34+/m0/s1. The van der Waals surface area contributed by atoms with Gasteiger partial charge < -0.3 is 9.53 Å². The van der Waals surface area contributed by atoms with E-state index in [0.29, 0.717) is 35.5 Å². The molecule has 3 rings (SSSR count). The summed E-state index contributed by atoms with van der Waals surface area (Å²) < 4.78 is 6.73. The van der Waals surface area contributed by atoms with Crippen LogP contribution < -0.4 is 0 Å². The Labute approximate surface area is 230 Å². The molecule has 0 amide bonds. The van der Waals surface area contributed by atoms with Gasteiger partial charge in [-0.05, 0) is 103 Å². The first-order valence-electron chi connectivity index (χ1n) is 15.2. The number of fused-ring (bicyclic) bond motifs is 1. The number of hydrogen-bond acceptors (Lipinski definition) is 2. The van der Waals surface area contributed by atoms with E-state index in [-0.39, 0.29) is 11.1 Å². The van der Waals surface area contributed by atoms with E-state index in [1.54, 1.807) is 5.57 Å². The molecule has 1 N–H and O–H groups in total. The van der Waals surface area contributed by atoms with E-state index < -0.39 is 14.4 Å². The SMILES string of the molecule is C=C1C(=CC=C2CCC[C@]3(C)[C@@H]([C@H](C)C=C[C@H](C)C(C)C)CC[C@@H]23)C[C@@H](O[Si](C)(C)C(C)(C)C)C[C@@H]1O. The number of rotatable bonds is 7. The average molecular weight is 527 g/mol. The third kappa shape index (κ3) is 6.82. The van der Waals surface area contributed by atoms with Crippen molar-refractivity contribution in [2.45, 2.75) is 131 Å². The first-order valence-corrected chi connectivity index (χ1v) is 18.1. The van der Waals surface area contributed by atoms with Crippen LogP contribution in [0.25, 0.3) is 0 Å². The van der Waals surface area contributed by atoms with Crippen LogP contribution in [0.3, 0.4) is 0 Å². The quantitative estimate of drug-likeness (QED) is 0.264. The fourth-order valence-corrected chi connectivity index (χ4v) is 8.35. The lowest BCUT2D eigenvalue weighted by Gasteiger charge is -2.44. The molecule has 7 atom stereocenters. The highest BCUT2D eigenvalue weighted by Gasteiger charge is 2.50. The van der Waals surface area contributed by atoms with Crippen molar-refractivity contribution in [1.29, 1.82) is 0 Å². The van der Waals surface area contributed by atoms with Gasteiger partial charge >= 0.3 is 0 Å². The normalized spacial score (nSPS) is 35.5. The van der Waals surface area contributed by atoms with E-state index in [2.05, 4.69) is 99.4 Å². The van der Waals surface area contributed by atoms with Crippen molar-refractivity contribution in [3.8, 4) is 0 Å². The average Bonchev–Trinajstić information content (AvgIpc) is 3.15. The molecule has 3 aliphatic carbocycles. The Morgan fingerprint density at radius 3 is 2.38 bits per heavy atom. The van der Waals surface area contributed by atoms with Gasteiger partial charge in [0.2, 0.25) is 0 Å². The van der Waals surface area contributed by atoms with E-state index in [9.17, 15) is 5.11 Å². The Hall–Kier alpha value is -0.903. The molecule has 0 bridgehead atoms. The summed E-state index contributed by atoms with van der Waals surface area (Å²) in [5.74, 6) is 3.42. The van der Waals surface area contributed by atoms with Crippen LogP contribution in [-0.2, 0) is 4.43 Å². The molecule has 0 saturated heterocycles. The van der Waals surface area contributed by atoms with E-state index in [1.807, 2.05) is 0 Å². The van der Waals surface area contributed by atoms with Gasteiger partial charge in [-0.15, -0.1) is 0 Å². The molecular weight excluding hydrogens is 468 g/mol. The summed E-state index contributed by atoms with van der Waals surface area (Å²) in [4.78, 5) is 0. The topological polar surface area (TPSA) is 29.5 Å². The number of allylic oxidation sites excluding steroid dienone is 5. The van der Waals surface area contributed by atoms with Crippen molar-refractivity contribution in [3.63, 3.8) is 0 Å². The molecule has 0 aromatic heterocycles. The molecule has 3 fully saturated rings. The van der Waals surface area contributed by atoms with Gasteiger partial charge in [-0.3, -0.25) is 0 Å². The Morgan fingerprint density at radius 1 is 1.08 bits per heavy atom. The van der Waals surface area contributed by atoms with Gasteiger partial charge in [0.15, 0.2) is 8.32 Å². The van der Waals surface area contributed by atoms with Crippen LogP contribution in [0.15, 0.2) is 47.6 Å². The molecule has 0 aliphatic heterocycles. The Morgan fingerprint density at radius 2 is 1.76 bits per heavy atom. The van der Waals surface area contributed by atoms with Crippen molar-refractivity contribution in [2.24, 2.45) is 35.0 Å². The largest absolute Gasteiger partial charge is 0.413 e. The minimum absolute atomic E-state index is 0.0828. The van der Waals surface area contributed by atoms with E-state index in [0.717, 1.165) is 17.9 Å². The molecule has 2 nitrogen and oxygen atoms in total. The second kappa shape index (κ2) is 11.7. The number of hydrogen-bond donors (Lipinski definition) is 1. The van der Waals surface area contributed by atoms with Crippen LogP contribution in [0.4, 0.5) is 0 Å². The van der Waals surface area contributed by atoms with Crippen LogP contribution in [0.2, 0.25) is 18.1 Å². The lowest BCUT2D eigenvalue weighted by Crippen LogP contribution is -2.46. The zero-order valence-electron chi connectivity index (χ0n) is 25.9. The molecule has 0 aromatic carbocycles. The zero-order chi connectivity index (χ0) is 27.8. The number of aliphatic hydroxyl groups excluding tert-OH is 1. The smallest absolute Gasteiger partial charge is 0.192 e. The number of aliphatic hydroxyl groups is 1. The summed E-state index contributed by atoms with van der Waals surface area (Å²) in [6.45, 7) is 27.8. The molecule has 0 heterocycles. The van der Waals surface area contributed by atoms with Gasteiger partial charge in [-0.1, -0.05) is 91.8 Å². The van der Waals surface area contributed by atoms with Crippen molar-refractivity contribution in [2.75, 3.05) is 0 Å². The lowest BCUT2D eigenvalue weighted by atomic mass is 9.61. The van der Waals surface area contributed by atoms with Crippen molar-refractivity contribution in [1.82, 2.24) is 0 Å². The van der Waals surface area contributed by atoms with Gasteiger partial charge in [0.1, 0.15) is 0 Å². The summed E-state index contributed by atoms with van der Waals surface area (Å²) in [5.41, 5.74) is 4.11. The van der Waals surface area contributed by atoms with Crippen molar-refractivity contribution >= 4 is 8.32 Å². The fraction of sp³-hybridized carbons (Fsp3) is 0.765. The lowest BCUT2D eigenvalue weighted by molar-refractivity contribution is 0.0924. The molecule has 3 heteroatoms. The summed E-state index contributed by atoms with van der Waals surface area (Å²) in [7, 11) is -1.88. The maximum atomic E-state index is 10.8. The van der Waals surface area contributed by atoms with E-state index in [1.165, 1.54) is 37.7 Å². The van der Waals surface area contributed by atoms with Crippen molar-refractivity contribution < 1.29 is 9.53 Å². The molecule has 0 aromatic rings. The minimum atomic E-state index is -1.88. The van der Waals surface area contributed by atoms with Crippen LogP contribution in [0.1, 0.15) is 100 Å². The highest BCUT2D eigenvalue weighted by Crippen LogP contribution is 2.59. The highest BCUT2D eigenvalue weighted by molar-refractivity contribution is 6.74. The third-order valence-corrected chi connectivity index (χ3v) is 15.5. The molecular formula is C34H58O2Si. The molecule has 37 heavy (non-hydrogen) atoms. The van der Waals surface area contributed by atoms with Crippen LogP contribution in [-0.4, -0.2) is 25.6 Å². The van der Waals surface area contributed by atoms with Crippen LogP contribution in [0, 0.1) is 35.0 Å². The summed E-state index contributed by atoms with van der Waals surface area (Å²) in [6.07, 6.45) is 17.3. The predicted octanol–water partition coefficient (Wildman–Crippen LogP) is 9.64. The Balaban J connectivity index is 1.77. The summed E-state index contributed by atoms with van der Waals surface area (Å²) in [5, 5.41) is 11.0. The molecule has 3 saturated carbocycles. The highest BCUT2D eigenvalue weighted by atomic mass is 28.4. The van der Waals surface area contributed by atoms with Gasteiger partial charge in [-0.2, -0.15) is 0 Å². The van der Waals surface area contributed by atoms with Crippen molar-refractivity contribution in [3.05, 3.63) is 47.6 Å². The maximum absolute atomic E-state index is 10.8. The van der Waals surface area contributed by atoms with E-state index in [4.69, 9.17) is 4.43 Å². The Kier molecular flexibility index (Phi) is 9.67. The van der Waals surface area contributed by atoms with E-state index >= 15 is 0 Å². The first kappa shape index (κ1) is 30.6. The third-order valence-electron chi connectivity index (χ3n) is 11.0. The van der Waals surface area contributed by atoms with Crippen LogP contribution in [0.5, 0.6) is 0 Å². The maximum Gasteiger partial charge on any atom is 0.192 e. The zero-order valence-corrected chi connectivity index (χ0v) is 26.9. The minimum Gasteiger partial charge on any atom is -0.413 e. The van der Waals surface area contributed by atoms with Gasteiger partial charge in [0.05, 0.1) is 12.2 Å². The summed E-state index contributed by atoms with van der Waals surface area (Å²) >= 11 is 0.